The van der Waals surface area contributed by atoms with Crippen LogP contribution in [0.3, 0.4) is 0 Å². The van der Waals surface area contributed by atoms with Crippen LogP contribution in [0.2, 0.25) is 0 Å². The van der Waals surface area contributed by atoms with Gasteiger partial charge < -0.3 is 14.7 Å². The summed E-state index contributed by atoms with van der Waals surface area (Å²) in [5, 5.41) is 15.1. The van der Waals surface area contributed by atoms with Gasteiger partial charge in [0.15, 0.2) is 0 Å². The van der Waals surface area contributed by atoms with Gasteiger partial charge in [-0.15, -0.1) is 0 Å². The van der Waals surface area contributed by atoms with Crippen LogP contribution in [-0.2, 0) is 4.74 Å². The summed E-state index contributed by atoms with van der Waals surface area (Å²) >= 11 is 0. The fraction of sp³-hybridized carbons (Fsp3) is 0.235. The number of hydrogen-bond donors (Lipinski definition) is 0. The second-order valence-electron chi connectivity index (χ2n) is 5.90. The molecule has 0 aliphatic carbocycles. The molecule has 2 aromatic rings. The van der Waals surface area contributed by atoms with Crippen molar-refractivity contribution in [3.8, 4) is 11.5 Å². The third-order valence-electron chi connectivity index (χ3n) is 2.67. The Morgan fingerprint density at radius 1 is 1.04 bits per heavy atom. The first-order chi connectivity index (χ1) is 11.2. The normalized spacial score (nSPS) is 11.9. The number of halogens is 1. The molecule has 0 spiro atoms. The van der Waals surface area contributed by atoms with Gasteiger partial charge >= 0.3 is 6.09 Å². The van der Waals surface area contributed by atoms with E-state index in [9.17, 15) is 14.4 Å². The highest BCUT2D eigenvalue weighted by Crippen LogP contribution is 2.24. The molecule has 1 amide bonds. The number of azo groups is 1. The predicted molar refractivity (Wildman–Crippen MR) is 84.9 cm³/mol. The van der Waals surface area contributed by atoms with Gasteiger partial charge in [-0.1, -0.05) is 0 Å². The van der Waals surface area contributed by atoms with Crippen LogP contribution in [0.25, 0.3) is 0 Å². The Labute approximate surface area is 138 Å². The molecule has 0 N–H and O–H groups in total. The molecule has 0 aliphatic rings. The molecule has 0 saturated carbocycles. The molecule has 0 aromatic heterocycles. The van der Waals surface area contributed by atoms with Crippen LogP contribution in [0.1, 0.15) is 20.8 Å². The number of amides is 1. The van der Waals surface area contributed by atoms with E-state index in [2.05, 4.69) is 5.11 Å². The first kappa shape index (κ1) is 17.4. The molecule has 24 heavy (non-hydrogen) atoms. The zero-order valence-electron chi connectivity index (χ0n) is 13.5. The van der Waals surface area contributed by atoms with Crippen LogP contribution >= 0.6 is 0 Å². The van der Waals surface area contributed by atoms with Gasteiger partial charge in [-0.05, 0) is 62.0 Å². The number of carbonyl (C=O) groups excluding carboxylic acids is 1. The maximum Gasteiger partial charge on any atom is 0.492 e. The number of ether oxygens (including phenoxy) is 2. The van der Waals surface area contributed by atoms with Crippen molar-refractivity contribution in [1.82, 2.24) is 0 Å². The maximum atomic E-state index is 12.8. The summed E-state index contributed by atoms with van der Waals surface area (Å²) in [6, 6.07) is 11.5. The van der Waals surface area contributed by atoms with E-state index < -0.39 is 11.7 Å². The highest BCUT2D eigenvalue weighted by atomic mass is 19.1. The highest BCUT2D eigenvalue weighted by molar-refractivity contribution is 5.67. The zero-order chi connectivity index (χ0) is 17.7. The van der Waals surface area contributed by atoms with Gasteiger partial charge in [-0.3, -0.25) is 0 Å². The minimum Gasteiger partial charge on any atom is -0.594 e. The van der Waals surface area contributed by atoms with E-state index in [-0.39, 0.29) is 16.4 Å². The van der Waals surface area contributed by atoms with Crippen molar-refractivity contribution in [1.29, 1.82) is 0 Å². The zero-order valence-corrected chi connectivity index (χ0v) is 13.5. The Morgan fingerprint density at radius 3 is 2.04 bits per heavy atom. The molecule has 0 saturated heterocycles. The molecule has 0 unspecified atom stereocenters. The van der Waals surface area contributed by atoms with Crippen molar-refractivity contribution in [3.63, 3.8) is 0 Å². The lowest BCUT2D eigenvalue weighted by molar-refractivity contribution is -0.436. The standard InChI is InChI=1S/C17H17FN2O4/c1-17(2,3)24-16(21)19-20(22)13-6-10-15(11-7-13)23-14-8-4-12(18)5-9-14/h4-11H,1-3H3/b20-19-. The van der Waals surface area contributed by atoms with Crippen molar-refractivity contribution in [2.45, 2.75) is 26.4 Å². The number of hydrogen-bond acceptors (Lipinski definition) is 4. The SMILES string of the molecule is CC(C)(C)OC(=O)/N=[N+](\[O-])c1ccc(Oc2ccc(F)cc2)cc1. The van der Waals surface area contributed by atoms with E-state index in [1.54, 1.807) is 20.8 Å². The molecule has 2 rings (SSSR count). The quantitative estimate of drug-likeness (QED) is 0.443. The maximum absolute atomic E-state index is 12.8. The lowest BCUT2D eigenvalue weighted by Crippen LogP contribution is -2.22. The molecule has 6 nitrogen and oxygen atoms in total. The summed E-state index contributed by atoms with van der Waals surface area (Å²) in [6.07, 6.45) is -0.968. The van der Waals surface area contributed by atoms with Gasteiger partial charge in [-0.25, -0.2) is 9.18 Å². The Balaban J connectivity index is 2.05. The van der Waals surface area contributed by atoms with E-state index in [0.717, 1.165) is 0 Å². The van der Waals surface area contributed by atoms with Crippen molar-refractivity contribution >= 4 is 11.8 Å². The van der Waals surface area contributed by atoms with Crippen molar-refractivity contribution in [3.05, 3.63) is 59.6 Å². The Kier molecular flexibility index (Phi) is 5.13. The van der Waals surface area contributed by atoms with Crippen molar-refractivity contribution in [2.24, 2.45) is 5.11 Å². The van der Waals surface area contributed by atoms with Crippen LogP contribution in [0, 0.1) is 11.0 Å². The first-order valence-corrected chi connectivity index (χ1v) is 7.18. The largest absolute Gasteiger partial charge is 0.594 e. The van der Waals surface area contributed by atoms with Gasteiger partial charge in [0, 0.05) is 12.1 Å². The van der Waals surface area contributed by atoms with Crippen molar-refractivity contribution < 1.29 is 23.5 Å². The fourth-order valence-electron chi connectivity index (χ4n) is 1.69. The van der Waals surface area contributed by atoms with Crippen LogP contribution in [0.15, 0.2) is 53.6 Å². The summed E-state index contributed by atoms with van der Waals surface area (Å²) in [5.41, 5.74) is -0.582. The molecule has 0 heterocycles. The number of rotatable bonds is 3. The van der Waals surface area contributed by atoms with Gasteiger partial charge in [0.1, 0.15) is 22.9 Å². The van der Waals surface area contributed by atoms with E-state index in [1.165, 1.54) is 48.5 Å². The molecule has 7 heteroatoms. The summed E-state index contributed by atoms with van der Waals surface area (Å²) in [7, 11) is 0. The second kappa shape index (κ2) is 7.08. The Bertz CT molecular complexity index is 735. The first-order valence-electron chi connectivity index (χ1n) is 7.18. The van der Waals surface area contributed by atoms with Crippen LogP contribution < -0.4 is 4.74 Å². The summed E-state index contributed by atoms with van der Waals surface area (Å²) in [5.74, 6) is 0.557. The number of nitrogens with zero attached hydrogens (tertiary/aromatic N) is 2. The predicted octanol–water partition coefficient (Wildman–Crippen LogP) is 5.15. The molecule has 126 valence electrons. The van der Waals surface area contributed by atoms with E-state index >= 15 is 0 Å². The number of benzene rings is 2. The third kappa shape index (κ3) is 5.35. The molecule has 0 radical (unpaired) electrons. The van der Waals surface area contributed by atoms with Crippen LogP contribution in [-0.4, -0.2) is 16.6 Å². The van der Waals surface area contributed by atoms with E-state index in [4.69, 9.17) is 9.47 Å². The van der Waals surface area contributed by atoms with Crippen molar-refractivity contribution in [2.75, 3.05) is 0 Å². The Morgan fingerprint density at radius 2 is 1.54 bits per heavy atom. The van der Waals surface area contributed by atoms with Gasteiger partial charge in [0.2, 0.25) is 5.69 Å². The smallest absolute Gasteiger partial charge is 0.492 e. The van der Waals surface area contributed by atoms with E-state index in [1.807, 2.05) is 0 Å². The summed E-state index contributed by atoms with van der Waals surface area (Å²) in [4.78, 5) is 11.7. The molecule has 0 atom stereocenters. The third-order valence-corrected chi connectivity index (χ3v) is 2.67. The van der Waals surface area contributed by atoms with Crippen LogP contribution in [0.4, 0.5) is 14.9 Å². The highest BCUT2D eigenvalue weighted by Gasteiger charge is 2.19. The van der Waals surface area contributed by atoms with Gasteiger partial charge in [0.25, 0.3) is 0 Å². The lowest BCUT2D eigenvalue weighted by atomic mass is 10.2. The monoisotopic (exact) mass is 332 g/mol. The number of carbonyl (C=O) groups is 1. The Hall–Kier alpha value is -2.96. The minimum atomic E-state index is -0.968. The summed E-state index contributed by atoms with van der Waals surface area (Å²) < 4.78 is 23.3. The van der Waals surface area contributed by atoms with Crippen LogP contribution in [0.5, 0.6) is 11.5 Å². The second-order valence-corrected chi connectivity index (χ2v) is 5.90. The van der Waals surface area contributed by atoms with Gasteiger partial charge in [0.05, 0.1) is 5.11 Å². The molecule has 0 fully saturated rings. The average Bonchev–Trinajstić information content (AvgIpc) is 2.48. The van der Waals surface area contributed by atoms with Gasteiger partial charge in [-0.2, -0.15) is 0 Å². The average molecular weight is 332 g/mol. The molecule has 0 bridgehead atoms. The summed E-state index contributed by atoms with van der Waals surface area (Å²) in [6.45, 7) is 5.03. The molecule has 2 aromatic carbocycles. The minimum absolute atomic E-state index is 0.146. The lowest BCUT2D eigenvalue weighted by Gasteiger charge is -2.16. The fourth-order valence-corrected chi connectivity index (χ4v) is 1.69. The molecular weight excluding hydrogens is 315 g/mol. The topological polar surface area (TPSA) is 74.0 Å². The van der Waals surface area contributed by atoms with E-state index in [0.29, 0.717) is 11.5 Å². The molecular formula is C17H17FN2O4. The molecule has 0 aliphatic heterocycles.